The lowest BCUT2D eigenvalue weighted by molar-refractivity contribution is -0.158. The number of aliphatic carboxylic acids is 2. The molecule has 2 unspecified atom stereocenters. The van der Waals surface area contributed by atoms with E-state index in [0.717, 1.165) is 0 Å². The second-order valence-corrected chi connectivity index (χ2v) is 12.0. The fourth-order valence-corrected chi connectivity index (χ4v) is 4.12. The minimum atomic E-state index is -1.29. The molecule has 3 N–H and O–H groups in total. The average molecular weight is 774 g/mol. The topological polar surface area (TPSA) is 242 Å². The summed E-state index contributed by atoms with van der Waals surface area (Å²) in [5, 5.41) is 16.2. The molecular formula is C27H34Cl5NO14. The SMILES string of the molecule is CCC(COC(=O)CCC(=O)Cl)(COC(=O)CCC(=O)Cl)CC(CC(=O)Cl)C(=O)O.O=C(O)CCC(=O)NC(CCC(=O)Cl)C(=O)Cl. The molecule has 266 valence electrons. The van der Waals surface area contributed by atoms with Gasteiger partial charge in [0.25, 0.3) is 0 Å². The lowest BCUT2D eigenvalue weighted by Gasteiger charge is -2.33. The molecule has 1 amide bonds. The number of carbonyl (C=O) groups excluding carboxylic acids is 8. The zero-order valence-corrected chi connectivity index (χ0v) is 28.8. The van der Waals surface area contributed by atoms with E-state index < -0.39 is 79.8 Å². The van der Waals surface area contributed by atoms with Gasteiger partial charge in [0, 0.05) is 37.5 Å². The Balaban J connectivity index is 0. The molecule has 15 nitrogen and oxygen atoms in total. The average Bonchev–Trinajstić information content (AvgIpc) is 2.96. The molecule has 0 aromatic rings. The van der Waals surface area contributed by atoms with Crippen LogP contribution < -0.4 is 5.32 Å². The summed E-state index contributed by atoms with van der Waals surface area (Å²) < 4.78 is 10.3. The first kappa shape index (κ1) is 46.3. The normalized spacial score (nSPS) is 11.9. The highest BCUT2D eigenvalue weighted by Crippen LogP contribution is 2.34. The smallest absolute Gasteiger partial charge is 0.307 e. The van der Waals surface area contributed by atoms with E-state index in [1.54, 1.807) is 6.92 Å². The molecule has 0 rings (SSSR count). The van der Waals surface area contributed by atoms with E-state index in [9.17, 15) is 53.1 Å². The second-order valence-electron chi connectivity index (χ2n) is 9.90. The Kier molecular flexibility index (Phi) is 24.8. The number of nitrogens with one attached hydrogen (secondary N) is 1. The van der Waals surface area contributed by atoms with Gasteiger partial charge in [0.15, 0.2) is 0 Å². The summed E-state index contributed by atoms with van der Waals surface area (Å²) in [6, 6.07) is -1.03. The highest BCUT2D eigenvalue weighted by Gasteiger charge is 2.38. The van der Waals surface area contributed by atoms with Gasteiger partial charge in [-0.1, -0.05) is 6.92 Å². The monoisotopic (exact) mass is 771 g/mol. The van der Waals surface area contributed by atoms with Crippen LogP contribution in [-0.4, -0.2) is 85.5 Å². The second kappa shape index (κ2) is 25.2. The predicted octanol–water partition coefficient (Wildman–Crippen LogP) is 3.45. The molecule has 0 radical (unpaired) electrons. The number of hydrogen-bond donors (Lipinski definition) is 3. The number of halogens is 5. The molecule has 2 atom stereocenters. The quantitative estimate of drug-likeness (QED) is 0.0941. The Labute approximate surface area is 294 Å². The minimum Gasteiger partial charge on any atom is -0.481 e. The van der Waals surface area contributed by atoms with E-state index in [0.29, 0.717) is 0 Å². The Bertz CT molecular complexity index is 1130. The van der Waals surface area contributed by atoms with Crippen LogP contribution >= 0.6 is 58.0 Å². The third-order valence-corrected chi connectivity index (χ3v) is 7.10. The van der Waals surface area contributed by atoms with Crippen molar-refractivity contribution >= 4 is 114 Å². The maximum absolute atomic E-state index is 11.8. The van der Waals surface area contributed by atoms with Gasteiger partial charge in [-0.25, -0.2) is 0 Å². The van der Waals surface area contributed by atoms with Crippen LogP contribution in [-0.2, 0) is 57.4 Å². The van der Waals surface area contributed by atoms with Gasteiger partial charge in [0.2, 0.25) is 32.1 Å². The van der Waals surface area contributed by atoms with Crippen molar-refractivity contribution in [2.24, 2.45) is 11.3 Å². The van der Waals surface area contributed by atoms with Crippen LogP contribution in [0.5, 0.6) is 0 Å². The zero-order chi connectivity index (χ0) is 36.7. The number of esters is 2. The molecule has 0 saturated carbocycles. The molecule has 47 heavy (non-hydrogen) atoms. The first-order valence-electron chi connectivity index (χ1n) is 13.7. The number of ether oxygens (including phenoxy) is 2. The van der Waals surface area contributed by atoms with Crippen LogP contribution in [0.15, 0.2) is 0 Å². The van der Waals surface area contributed by atoms with E-state index in [-0.39, 0.29) is 77.4 Å². The summed E-state index contributed by atoms with van der Waals surface area (Å²) in [4.78, 5) is 111. The van der Waals surface area contributed by atoms with Gasteiger partial charge in [-0.05, 0) is 77.3 Å². The maximum Gasteiger partial charge on any atom is 0.307 e. The Morgan fingerprint density at radius 3 is 1.47 bits per heavy atom. The highest BCUT2D eigenvalue weighted by atomic mass is 35.5. The van der Waals surface area contributed by atoms with Crippen LogP contribution in [0.1, 0.15) is 77.6 Å². The van der Waals surface area contributed by atoms with Gasteiger partial charge < -0.3 is 25.0 Å². The summed E-state index contributed by atoms with van der Waals surface area (Å²) in [7, 11) is 0. The molecular weight excluding hydrogens is 740 g/mol. The van der Waals surface area contributed by atoms with Crippen LogP contribution in [0.4, 0.5) is 0 Å². The van der Waals surface area contributed by atoms with Gasteiger partial charge >= 0.3 is 23.9 Å². The van der Waals surface area contributed by atoms with Crippen LogP contribution in [0, 0.1) is 11.3 Å². The fraction of sp³-hybridized carbons (Fsp3) is 0.630. The van der Waals surface area contributed by atoms with Crippen LogP contribution in [0.2, 0.25) is 0 Å². The van der Waals surface area contributed by atoms with Crippen molar-refractivity contribution < 1.29 is 67.6 Å². The van der Waals surface area contributed by atoms with Gasteiger partial charge in [0.1, 0.15) is 19.3 Å². The molecule has 0 fully saturated rings. The van der Waals surface area contributed by atoms with E-state index >= 15 is 0 Å². The first-order valence-corrected chi connectivity index (χ1v) is 15.6. The highest BCUT2D eigenvalue weighted by molar-refractivity contribution is 6.65. The number of carbonyl (C=O) groups is 10. The number of carboxylic acid groups (broad SMARTS) is 2. The summed E-state index contributed by atoms with van der Waals surface area (Å²) in [5.41, 5.74) is -1.14. The van der Waals surface area contributed by atoms with Crippen molar-refractivity contribution in [3.05, 3.63) is 0 Å². The summed E-state index contributed by atoms with van der Waals surface area (Å²) in [5.74, 6) is -5.73. The standard InChI is InChI=1S/C18H23Cl3O9.C9H11Cl2NO5/c1-2-18(8-11(17(27)28)7-14(21)24,9-29-15(25)5-3-12(19)22)10-30-16(26)6-4-13(20)23;10-6(13)2-1-5(9(11)17)12-7(14)3-4-8(15)16/h11H,2-10H2,1H3,(H,27,28);5H,1-4H2,(H,12,14)(H,15,16). The van der Waals surface area contributed by atoms with Gasteiger partial charge in [-0.15, -0.1) is 0 Å². The summed E-state index contributed by atoms with van der Waals surface area (Å²) >= 11 is 26.0. The predicted molar refractivity (Wildman–Crippen MR) is 166 cm³/mol. The molecule has 0 saturated heterocycles. The molecule has 0 aliphatic rings. The lowest BCUT2D eigenvalue weighted by Crippen LogP contribution is -2.39. The number of carboxylic acids is 2. The van der Waals surface area contributed by atoms with Crippen molar-refractivity contribution in [2.75, 3.05) is 13.2 Å². The molecule has 0 heterocycles. The summed E-state index contributed by atoms with van der Waals surface area (Å²) in [6.45, 7) is 0.995. The number of rotatable bonds is 24. The Hall–Kier alpha value is -2.85. The lowest BCUT2D eigenvalue weighted by atomic mass is 9.77. The van der Waals surface area contributed by atoms with Crippen molar-refractivity contribution in [3.63, 3.8) is 0 Å². The van der Waals surface area contributed by atoms with E-state index in [1.165, 1.54) is 0 Å². The largest absolute Gasteiger partial charge is 0.481 e. The maximum atomic E-state index is 11.8. The van der Waals surface area contributed by atoms with Crippen molar-refractivity contribution in [3.8, 4) is 0 Å². The molecule has 20 heteroatoms. The molecule has 0 spiro atoms. The van der Waals surface area contributed by atoms with Crippen molar-refractivity contribution in [2.45, 2.75) is 83.6 Å². The zero-order valence-electron chi connectivity index (χ0n) is 25.0. The number of amides is 1. The first-order chi connectivity index (χ1) is 21.7. The molecule has 0 aliphatic carbocycles. The van der Waals surface area contributed by atoms with Gasteiger partial charge in [-0.3, -0.25) is 47.9 Å². The Morgan fingerprint density at radius 2 is 1.13 bits per heavy atom. The number of hydrogen-bond acceptors (Lipinski definition) is 12. The third kappa shape index (κ3) is 25.9. The minimum absolute atomic E-state index is 0.0104. The van der Waals surface area contributed by atoms with Gasteiger partial charge in [-0.2, -0.15) is 0 Å². The molecule has 0 aromatic carbocycles. The van der Waals surface area contributed by atoms with E-state index in [4.69, 9.17) is 72.6 Å². The van der Waals surface area contributed by atoms with Crippen LogP contribution in [0.3, 0.4) is 0 Å². The molecule has 0 aromatic heterocycles. The Morgan fingerprint density at radius 1 is 0.660 bits per heavy atom. The van der Waals surface area contributed by atoms with E-state index in [1.807, 2.05) is 0 Å². The van der Waals surface area contributed by atoms with Crippen LogP contribution in [0.25, 0.3) is 0 Å². The van der Waals surface area contributed by atoms with Crippen molar-refractivity contribution in [1.29, 1.82) is 0 Å². The summed E-state index contributed by atoms with van der Waals surface area (Å²) in [6.07, 6.45) is -2.18. The fourth-order valence-electron chi connectivity index (χ4n) is 3.47. The van der Waals surface area contributed by atoms with Gasteiger partial charge in [0.05, 0.1) is 25.2 Å². The van der Waals surface area contributed by atoms with Crippen molar-refractivity contribution in [1.82, 2.24) is 5.32 Å². The third-order valence-electron chi connectivity index (χ3n) is 6.12. The van der Waals surface area contributed by atoms with E-state index in [2.05, 4.69) is 5.32 Å². The molecule has 0 bridgehead atoms. The molecule has 0 aliphatic heterocycles.